The summed E-state index contributed by atoms with van der Waals surface area (Å²) in [6, 6.07) is 17.9. The van der Waals surface area contributed by atoms with E-state index in [-0.39, 0.29) is 17.8 Å². The number of pyridine rings is 1. The molecule has 0 unspecified atom stereocenters. The number of rotatable bonds is 6. The Balaban J connectivity index is 1.56. The van der Waals surface area contributed by atoms with Gasteiger partial charge in [-0.15, -0.1) is 0 Å². The molecule has 208 valence electrons. The van der Waals surface area contributed by atoms with Crippen LogP contribution >= 0.6 is 0 Å². The van der Waals surface area contributed by atoms with E-state index >= 15 is 0 Å². The molecule has 0 atom stereocenters. The van der Waals surface area contributed by atoms with E-state index in [1.54, 1.807) is 7.11 Å². The minimum Gasteiger partial charge on any atom is -0.381 e. The van der Waals surface area contributed by atoms with Crippen LogP contribution in [-0.4, -0.2) is 38.7 Å². The fourth-order valence-electron chi connectivity index (χ4n) is 5.26. The number of benzene rings is 3. The van der Waals surface area contributed by atoms with Gasteiger partial charge in [0.2, 0.25) is 0 Å². The van der Waals surface area contributed by atoms with E-state index in [4.69, 9.17) is 14.7 Å². The largest absolute Gasteiger partial charge is 0.381 e. The molecule has 0 spiro atoms. The Bertz CT molecular complexity index is 1780. The molecule has 2 heterocycles. The molecule has 0 bridgehead atoms. The summed E-state index contributed by atoms with van der Waals surface area (Å²) in [6.07, 6.45) is 4.90. The smallest absolute Gasteiger partial charge is 0.287 e. The van der Waals surface area contributed by atoms with Crippen molar-refractivity contribution in [3.8, 4) is 17.1 Å². The summed E-state index contributed by atoms with van der Waals surface area (Å²) in [5.41, 5.74) is 3.56. The summed E-state index contributed by atoms with van der Waals surface area (Å²) in [5, 5.41) is 15.0. The summed E-state index contributed by atoms with van der Waals surface area (Å²) in [7, 11) is 1.72. The lowest BCUT2D eigenvalue weighted by molar-refractivity contribution is -0.385. The van der Waals surface area contributed by atoms with Gasteiger partial charge in [-0.1, -0.05) is 12.1 Å². The second-order valence-corrected chi connectivity index (χ2v) is 9.97. The highest BCUT2D eigenvalue weighted by molar-refractivity contribution is 5.84. The van der Waals surface area contributed by atoms with Crippen molar-refractivity contribution >= 4 is 28.2 Å². The highest BCUT2D eigenvalue weighted by Crippen LogP contribution is 2.31. The van der Waals surface area contributed by atoms with Gasteiger partial charge in [0.15, 0.2) is 11.6 Å². The fourth-order valence-corrected chi connectivity index (χ4v) is 5.26. The van der Waals surface area contributed by atoms with Gasteiger partial charge in [0.1, 0.15) is 12.0 Å². The number of nitro groups is 1. The Morgan fingerprint density at radius 3 is 2.54 bits per heavy atom. The lowest BCUT2D eigenvalue weighted by Gasteiger charge is -2.25. The van der Waals surface area contributed by atoms with Crippen molar-refractivity contribution in [1.82, 2.24) is 14.5 Å². The Kier molecular flexibility index (Phi) is 7.10. The molecule has 0 amide bonds. The van der Waals surface area contributed by atoms with E-state index in [0.29, 0.717) is 39.5 Å². The lowest BCUT2D eigenvalue weighted by Crippen LogP contribution is -2.25. The van der Waals surface area contributed by atoms with Crippen LogP contribution in [0, 0.1) is 21.7 Å². The molecule has 9 nitrogen and oxygen atoms in total. The first-order chi connectivity index (χ1) is 19.9. The summed E-state index contributed by atoms with van der Waals surface area (Å²) in [4.78, 5) is 24.8. The average molecular weight is 557 g/mol. The molecule has 0 radical (unpaired) electrons. The van der Waals surface area contributed by atoms with Crippen molar-refractivity contribution in [2.24, 2.45) is 4.99 Å². The molecule has 1 aliphatic heterocycles. The maximum Gasteiger partial charge on any atom is 0.287 e. The number of nitrogens with one attached hydrogen (secondary N) is 1. The Labute approximate surface area is 233 Å². The number of hydrogen-bond donors (Lipinski definition) is 1. The number of anilines is 2. The number of fused-ring (bicyclic) bond motifs is 2. The third kappa shape index (κ3) is 5.36. The van der Waals surface area contributed by atoms with Gasteiger partial charge in [0.25, 0.3) is 5.69 Å². The molecule has 2 aliphatic carbocycles. The van der Waals surface area contributed by atoms with Crippen LogP contribution in [0.15, 0.2) is 77.9 Å². The van der Waals surface area contributed by atoms with E-state index in [2.05, 4.69) is 10.3 Å². The number of hydrogen-bond acceptors (Lipinski definition) is 7. The van der Waals surface area contributed by atoms with Crippen molar-refractivity contribution in [3.05, 3.63) is 100 Å². The van der Waals surface area contributed by atoms with Crippen LogP contribution in [0.5, 0.6) is 0 Å². The topological polar surface area (TPSA) is 107 Å². The zero-order valence-electron chi connectivity index (χ0n) is 22.1. The Hall–Kier alpha value is -4.77. The molecule has 3 aromatic rings. The molecule has 41 heavy (non-hydrogen) atoms. The van der Waals surface area contributed by atoms with Gasteiger partial charge in [0, 0.05) is 24.9 Å². The highest BCUT2D eigenvalue weighted by Gasteiger charge is 2.22. The van der Waals surface area contributed by atoms with Crippen LogP contribution in [-0.2, 0) is 4.74 Å². The first-order valence-corrected chi connectivity index (χ1v) is 13.2. The molecule has 6 rings (SSSR count). The molecule has 1 aromatic heterocycles. The lowest BCUT2D eigenvalue weighted by atomic mass is 9.93. The van der Waals surface area contributed by atoms with Crippen molar-refractivity contribution in [2.75, 3.05) is 12.4 Å². The predicted octanol–water partition coefficient (Wildman–Crippen LogP) is 6.31. The predicted molar refractivity (Wildman–Crippen MR) is 150 cm³/mol. The standard InChI is InChI=1S/C30H26F2N6O3/c1-41-21-10-6-18(7-11-21)34-26-16-29-27(15-25(26)36-30-13-9-20(17-33-30)38(39)40)35-24-4-2-3-5-28(24)37(29)19-8-12-22(31)23(32)14-19/h2-5,8-9,12-18,21H,6-7,10-11H2,1H3,(H,33,36). The van der Waals surface area contributed by atoms with Gasteiger partial charge in [0.05, 0.1) is 50.5 Å². The monoisotopic (exact) mass is 556 g/mol. The minimum absolute atomic E-state index is 0.0503. The summed E-state index contributed by atoms with van der Waals surface area (Å²) < 4.78 is 35.6. The van der Waals surface area contributed by atoms with Crippen molar-refractivity contribution < 1.29 is 18.4 Å². The number of halogens is 2. The number of ether oxygens (including phenoxy) is 1. The summed E-state index contributed by atoms with van der Waals surface area (Å²) >= 11 is 0. The summed E-state index contributed by atoms with van der Waals surface area (Å²) in [5.74, 6) is -1.48. The van der Waals surface area contributed by atoms with Crippen LogP contribution in [0.4, 0.5) is 26.0 Å². The van der Waals surface area contributed by atoms with Crippen LogP contribution in [0.2, 0.25) is 0 Å². The first kappa shape index (κ1) is 26.5. The van der Waals surface area contributed by atoms with Crippen molar-refractivity contribution in [2.45, 2.75) is 37.8 Å². The van der Waals surface area contributed by atoms with Crippen LogP contribution in [0.25, 0.3) is 28.1 Å². The van der Waals surface area contributed by atoms with E-state index in [1.165, 1.54) is 24.4 Å². The molecular formula is C30H26F2N6O3. The number of nitrogens with zero attached hydrogens (tertiary/aromatic N) is 5. The Morgan fingerprint density at radius 1 is 1.02 bits per heavy atom. The van der Waals surface area contributed by atoms with Crippen LogP contribution < -0.4 is 10.7 Å². The summed E-state index contributed by atoms with van der Waals surface area (Å²) in [6.45, 7) is 0. The Morgan fingerprint density at radius 2 is 1.83 bits per heavy atom. The molecule has 1 saturated carbocycles. The normalized spacial score (nSPS) is 17.7. The van der Waals surface area contributed by atoms with Crippen molar-refractivity contribution in [1.29, 1.82) is 0 Å². The van der Waals surface area contributed by atoms with Crippen LogP contribution in [0.1, 0.15) is 25.7 Å². The van der Waals surface area contributed by atoms with E-state index in [9.17, 15) is 18.9 Å². The van der Waals surface area contributed by atoms with Gasteiger partial charge in [-0.3, -0.25) is 15.1 Å². The quantitative estimate of drug-likeness (QED) is 0.149. The molecule has 1 fully saturated rings. The van der Waals surface area contributed by atoms with Crippen molar-refractivity contribution in [3.63, 3.8) is 0 Å². The highest BCUT2D eigenvalue weighted by atomic mass is 19.2. The zero-order chi connectivity index (χ0) is 28.5. The van der Waals surface area contributed by atoms with Gasteiger partial charge < -0.3 is 14.6 Å². The van der Waals surface area contributed by atoms with Gasteiger partial charge in [-0.05, 0) is 68.1 Å². The molecule has 3 aliphatic rings. The van der Waals surface area contributed by atoms with Gasteiger partial charge >= 0.3 is 0 Å². The third-order valence-corrected chi connectivity index (χ3v) is 7.38. The molecule has 0 saturated heterocycles. The van der Waals surface area contributed by atoms with Crippen LogP contribution in [0.3, 0.4) is 0 Å². The van der Waals surface area contributed by atoms with E-state index in [1.807, 2.05) is 41.0 Å². The van der Waals surface area contributed by atoms with E-state index in [0.717, 1.165) is 43.3 Å². The number of para-hydroxylation sites is 2. The second-order valence-electron chi connectivity index (χ2n) is 9.97. The number of methoxy groups -OCH3 is 1. The molecule has 11 heteroatoms. The average Bonchev–Trinajstić information content (AvgIpc) is 2.98. The molecular weight excluding hydrogens is 530 g/mol. The minimum atomic E-state index is -0.952. The van der Waals surface area contributed by atoms with Gasteiger partial charge in [-0.2, -0.15) is 0 Å². The second kappa shape index (κ2) is 11.0. The van der Waals surface area contributed by atoms with E-state index < -0.39 is 16.6 Å². The SMILES string of the molecule is COC1CCC(N=c2cc3n(-c4ccc(F)c(F)c4)c4ccccc4nc-3cc2Nc2ccc([N+](=O)[O-])cn2)CC1. The maximum atomic E-state index is 14.4. The third-order valence-electron chi connectivity index (χ3n) is 7.38. The molecule has 1 N–H and O–H groups in total. The maximum absolute atomic E-state index is 14.4. The number of aromatic nitrogens is 3. The zero-order valence-corrected chi connectivity index (χ0v) is 22.1. The fraction of sp³-hybridized carbons (Fsp3) is 0.233. The first-order valence-electron chi connectivity index (χ1n) is 13.2. The van der Waals surface area contributed by atoms with Gasteiger partial charge in [-0.25, -0.2) is 18.7 Å². The molecule has 2 aromatic carbocycles.